The molecule has 2 aromatic heterocycles. The molecule has 0 saturated heterocycles. The molecule has 0 radical (unpaired) electrons. The van der Waals surface area contributed by atoms with Crippen LogP contribution in [0.15, 0.2) is 79.5 Å². The van der Waals surface area contributed by atoms with Crippen molar-refractivity contribution in [1.82, 2.24) is 19.9 Å². The number of carbonyl (C=O) groups is 1. The van der Waals surface area contributed by atoms with Crippen molar-refractivity contribution < 1.29 is 4.79 Å². The van der Waals surface area contributed by atoms with E-state index in [4.69, 9.17) is 0 Å². The Morgan fingerprint density at radius 2 is 1.85 bits per heavy atom. The summed E-state index contributed by atoms with van der Waals surface area (Å²) in [7, 11) is 0. The Bertz CT molecular complexity index is 1020. The van der Waals surface area contributed by atoms with Crippen molar-refractivity contribution in [2.45, 2.75) is 13.1 Å². The quantitative estimate of drug-likeness (QED) is 0.605. The van der Waals surface area contributed by atoms with Gasteiger partial charge in [0.05, 0.1) is 11.8 Å². The minimum atomic E-state index is -0.0850. The van der Waals surface area contributed by atoms with Crippen LogP contribution in [-0.2, 0) is 13.1 Å². The molecule has 5 heteroatoms. The number of benzene rings is 2. The minimum absolute atomic E-state index is 0.0850. The van der Waals surface area contributed by atoms with Gasteiger partial charge in [-0.15, -0.1) is 0 Å². The number of nitrogens with one attached hydrogen (secondary N) is 1. The number of rotatable bonds is 5. The second-order valence-electron chi connectivity index (χ2n) is 6.15. The van der Waals surface area contributed by atoms with Gasteiger partial charge in [0.1, 0.15) is 0 Å². The van der Waals surface area contributed by atoms with Crippen LogP contribution in [0.4, 0.5) is 0 Å². The van der Waals surface area contributed by atoms with E-state index in [2.05, 4.69) is 27.4 Å². The molecule has 5 nitrogen and oxygen atoms in total. The van der Waals surface area contributed by atoms with Gasteiger partial charge in [-0.3, -0.25) is 9.78 Å². The number of hydrogen-bond acceptors (Lipinski definition) is 3. The maximum absolute atomic E-state index is 12.4. The van der Waals surface area contributed by atoms with Crippen molar-refractivity contribution in [3.05, 3.63) is 96.2 Å². The van der Waals surface area contributed by atoms with E-state index in [0.717, 1.165) is 23.0 Å². The lowest BCUT2D eigenvalue weighted by Crippen LogP contribution is -2.22. The van der Waals surface area contributed by atoms with Crippen LogP contribution in [0.25, 0.3) is 10.9 Å². The SMILES string of the molecule is O=C(NCc1ccc(Cn2ccnc2)cc1)c1ccc2ncccc2c1. The van der Waals surface area contributed by atoms with Crippen molar-refractivity contribution in [2.24, 2.45) is 0 Å². The summed E-state index contributed by atoms with van der Waals surface area (Å²) in [5.41, 5.74) is 3.79. The highest BCUT2D eigenvalue weighted by atomic mass is 16.1. The van der Waals surface area contributed by atoms with Gasteiger partial charge in [0.15, 0.2) is 0 Å². The Morgan fingerprint density at radius 3 is 2.65 bits per heavy atom. The molecule has 4 aromatic rings. The van der Waals surface area contributed by atoms with Gasteiger partial charge in [-0.1, -0.05) is 30.3 Å². The first-order chi connectivity index (χ1) is 12.8. The largest absolute Gasteiger partial charge is 0.348 e. The number of fused-ring (bicyclic) bond motifs is 1. The first-order valence-corrected chi connectivity index (χ1v) is 8.44. The number of aromatic nitrogens is 3. The van der Waals surface area contributed by atoms with E-state index < -0.39 is 0 Å². The fourth-order valence-corrected chi connectivity index (χ4v) is 2.85. The summed E-state index contributed by atoms with van der Waals surface area (Å²) in [6.07, 6.45) is 7.26. The maximum atomic E-state index is 12.4. The Kier molecular flexibility index (Phi) is 4.43. The standard InChI is InChI=1S/C21H18N4O/c26-21(19-7-8-20-18(12-19)2-1-9-23-20)24-13-16-3-5-17(6-4-16)14-25-11-10-22-15-25/h1-12,15H,13-14H2,(H,24,26). The molecule has 0 aliphatic carbocycles. The molecule has 0 bridgehead atoms. The van der Waals surface area contributed by atoms with Gasteiger partial charge in [-0.05, 0) is 35.4 Å². The molecular weight excluding hydrogens is 324 g/mol. The number of hydrogen-bond donors (Lipinski definition) is 1. The van der Waals surface area contributed by atoms with Crippen molar-refractivity contribution >= 4 is 16.8 Å². The van der Waals surface area contributed by atoms with Gasteiger partial charge >= 0.3 is 0 Å². The number of amides is 1. The molecule has 0 spiro atoms. The summed E-state index contributed by atoms with van der Waals surface area (Å²) in [4.78, 5) is 20.7. The summed E-state index contributed by atoms with van der Waals surface area (Å²) >= 11 is 0. The lowest BCUT2D eigenvalue weighted by molar-refractivity contribution is 0.0951. The molecular formula is C21H18N4O. The zero-order chi connectivity index (χ0) is 17.8. The monoisotopic (exact) mass is 342 g/mol. The van der Waals surface area contributed by atoms with Gasteiger partial charge in [-0.25, -0.2) is 4.98 Å². The lowest BCUT2D eigenvalue weighted by Gasteiger charge is -2.08. The van der Waals surface area contributed by atoms with Crippen LogP contribution < -0.4 is 5.32 Å². The van der Waals surface area contributed by atoms with Gasteiger partial charge in [0.2, 0.25) is 0 Å². The minimum Gasteiger partial charge on any atom is -0.348 e. The third-order valence-electron chi connectivity index (χ3n) is 4.27. The third-order valence-corrected chi connectivity index (χ3v) is 4.27. The van der Waals surface area contributed by atoms with Crippen LogP contribution in [-0.4, -0.2) is 20.4 Å². The van der Waals surface area contributed by atoms with Crippen molar-refractivity contribution in [3.8, 4) is 0 Å². The average molecular weight is 342 g/mol. The second kappa shape index (κ2) is 7.19. The number of imidazole rings is 1. The van der Waals surface area contributed by atoms with E-state index in [1.807, 2.05) is 47.2 Å². The molecule has 0 atom stereocenters. The summed E-state index contributed by atoms with van der Waals surface area (Å²) in [5, 5.41) is 3.93. The molecule has 4 rings (SSSR count). The van der Waals surface area contributed by atoms with Gasteiger partial charge in [0, 0.05) is 42.6 Å². The highest BCUT2D eigenvalue weighted by molar-refractivity contribution is 5.97. The fraction of sp³-hybridized carbons (Fsp3) is 0.0952. The van der Waals surface area contributed by atoms with E-state index >= 15 is 0 Å². The zero-order valence-corrected chi connectivity index (χ0v) is 14.2. The number of nitrogens with zero attached hydrogens (tertiary/aromatic N) is 3. The lowest BCUT2D eigenvalue weighted by atomic mass is 10.1. The van der Waals surface area contributed by atoms with Gasteiger partial charge < -0.3 is 9.88 Å². The van der Waals surface area contributed by atoms with Crippen molar-refractivity contribution in [2.75, 3.05) is 0 Å². The molecule has 0 fully saturated rings. The van der Waals surface area contributed by atoms with Gasteiger partial charge in [0.25, 0.3) is 5.91 Å². The van der Waals surface area contributed by atoms with Crippen LogP contribution in [0.5, 0.6) is 0 Å². The topological polar surface area (TPSA) is 59.8 Å². The van der Waals surface area contributed by atoms with Crippen LogP contribution in [0.2, 0.25) is 0 Å². The van der Waals surface area contributed by atoms with Crippen LogP contribution in [0.3, 0.4) is 0 Å². The molecule has 26 heavy (non-hydrogen) atoms. The van der Waals surface area contributed by atoms with Crippen molar-refractivity contribution in [3.63, 3.8) is 0 Å². The smallest absolute Gasteiger partial charge is 0.251 e. The fourth-order valence-electron chi connectivity index (χ4n) is 2.85. The first-order valence-electron chi connectivity index (χ1n) is 8.44. The van der Waals surface area contributed by atoms with Gasteiger partial charge in [-0.2, -0.15) is 0 Å². The number of carbonyl (C=O) groups excluding carboxylic acids is 1. The molecule has 0 aliphatic rings. The van der Waals surface area contributed by atoms with E-state index in [1.54, 1.807) is 24.8 Å². The number of pyridine rings is 1. The second-order valence-corrected chi connectivity index (χ2v) is 6.15. The van der Waals surface area contributed by atoms with Crippen molar-refractivity contribution in [1.29, 1.82) is 0 Å². The highest BCUT2D eigenvalue weighted by Gasteiger charge is 2.06. The maximum Gasteiger partial charge on any atom is 0.251 e. The summed E-state index contributed by atoms with van der Waals surface area (Å²) in [6.45, 7) is 1.28. The molecule has 0 aliphatic heterocycles. The first kappa shape index (κ1) is 16.0. The highest BCUT2D eigenvalue weighted by Crippen LogP contribution is 2.13. The molecule has 2 aromatic carbocycles. The molecule has 1 amide bonds. The summed E-state index contributed by atoms with van der Waals surface area (Å²) in [5.74, 6) is -0.0850. The van der Waals surface area contributed by atoms with E-state index in [9.17, 15) is 4.79 Å². The Morgan fingerprint density at radius 1 is 1.00 bits per heavy atom. The van der Waals surface area contributed by atoms with Crippen LogP contribution >= 0.6 is 0 Å². The summed E-state index contributed by atoms with van der Waals surface area (Å²) < 4.78 is 2.02. The predicted octanol–water partition coefficient (Wildman–Crippen LogP) is 3.41. The van der Waals surface area contributed by atoms with E-state index in [-0.39, 0.29) is 5.91 Å². The zero-order valence-electron chi connectivity index (χ0n) is 14.2. The van der Waals surface area contributed by atoms with Crippen LogP contribution in [0, 0.1) is 0 Å². The Labute approximate surface area is 151 Å². The molecule has 2 heterocycles. The average Bonchev–Trinajstić information content (AvgIpc) is 3.20. The van der Waals surface area contributed by atoms with Crippen LogP contribution in [0.1, 0.15) is 21.5 Å². The third kappa shape index (κ3) is 3.62. The molecule has 128 valence electrons. The normalized spacial score (nSPS) is 10.8. The Balaban J connectivity index is 1.38. The molecule has 0 unspecified atom stereocenters. The predicted molar refractivity (Wildman–Crippen MR) is 101 cm³/mol. The molecule has 0 saturated carbocycles. The Hall–Kier alpha value is -3.47. The van der Waals surface area contributed by atoms with E-state index in [0.29, 0.717) is 12.1 Å². The summed E-state index contributed by atoms with van der Waals surface area (Å²) in [6, 6.07) is 17.6. The molecule has 1 N–H and O–H groups in total. The van der Waals surface area contributed by atoms with E-state index in [1.165, 1.54) is 5.56 Å².